The Kier molecular flexibility index (Phi) is 5.88. The fraction of sp³-hybridized carbons (Fsp3) is 0.0909. The lowest BCUT2D eigenvalue weighted by Gasteiger charge is -2.07. The van der Waals surface area contributed by atoms with E-state index in [-0.39, 0.29) is 12.5 Å². The summed E-state index contributed by atoms with van der Waals surface area (Å²) < 4.78 is 30.6. The molecule has 1 aromatic heterocycles. The van der Waals surface area contributed by atoms with Gasteiger partial charge in [0.25, 0.3) is 5.91 Å². The van der Waals surface area contributed by atoms with Crippen LogP contribution in [0.2, 0.25) is 0 Å². The van der Waals surface area contributed by atoms with Gasteiger partial charge in [0, 0.05) is 16.6 Å². The lowest BCUT2D eigenvalue weighted by Crippen LogP contribution is -2.20. The average molecular weight is 454 g/mol. The Hall–Kier alpha value is -3.43. The highest BCUT2D eigenvalue weighted by Crippen LogP contribution is 2.26. The Balaban J connectivity index is 1.35. The smallest absolute Gasteiger partial charge is 0.264 e. The lowest BCUT2D eigenvalue weighted by molar-refractivity contribution is -0.118. The van der Waals surface area contributed by atoms with Crippen molar-refractivity contribution in [1.82, 2.24) is 4.98 Å². The molecular weight excluding hydrogens is 434 g/mol. The van der Waals surface area contributed by atoms with E-state index in [1.807, 2.05) is 47.8 Å². The van der Waals surface area contributed by atoms with Crippen LogP contribution in [0.3, 0.4) is 0 Å². The number of carbonyl (C=O) groups is 1. The highest BCUT2D eigenvalue weighted by molar-refractivity contribution is 7.92. The zero-order chi connectivity index (χ0) is 21.8. The molecule has 7 nitrogen and oxygen atoms in total. The quantitative estimate of drug-likeness (QED) is 0.434. The van der Waals surface area contributed by atoms with Crippen molar-refractivity contribution in [1.29, 1.82) is 0 Å². The molecular formula is C22H19N3O4S2. The van der Waals surface area contributed by atoms with Gasteiger partial charge >= 0.3 is 0 Å². The molecule has 0 radical (unpaired) electrons. The van der Waals surface area contributed by atoms with Crippen LogP contribution in [0.1, 0.15) is 0 Å². The second-order valence-electron chi connectivity index (χ2n) is 6.84. The number of rotatable bonds is 7. The number of fused-ring (bicyclic) bond motifs is 1. The fourth-order valence-electron chi connectivity index (χ4n) is 2.95. The van der Waals surface area contributed by atoms with Gasteiger partial charge in [-0.3, -0.25) is 14.8 Å². The largest absolute Gasteiger partial charge is 0.484 e. The van der Waals surface area contributed by atoms with Crippen LogP contribution in [-0.4, -0.2) is 32.2 Å². The average Bonchev–Trinajstić information content (AvgIpc) is 3.20. The zero-order valence-electron chi connectivity index (χ0n) is 16.5. The van der Waals surface area contributed by atoms with E-state index in [4.69, 9.17) is 4.74 Å². The third kappa shape index (κ3) is 5.59. The van der Waals surface area contributed by atoms with E-state index >= 15 is 0 Å². The summed E-state index contributed by atoms with van der Waals surface area (Å²) in [6.45, 7) is -0.126. The molecule has 9 heteroatoms. The molecule has 31 heavy (non-hydrogen) atoms. The van der Waals surface area contributed by atoms with Gasteiger partial charge in [0.05, 0.1) is 11.9 Å². The summed E-state index contributed by atoms with van der Waals surface area (Å²) in [4.78, 5) is 16.7. The molecule has 1 amide bonds. The first-order valence-corrected chi connectivity index (χ1v) is 12.1. The number of carbonyl (C=O) groups excluding carboxylic acids is 1. The number of thiazole rings is 1. The van der Waals surface area contributed by atoms with E-state index in [0.717, 1.165) is 22.6 Å². The predicted octanol–water partition coefficient (Wildman–Crippen LogP) is 4.35. The maximum absolute atomic E-state index is 12.2. The van der Waals surface area contributed by atoms with Gasteiger partial charge in [-0.2, -0.15) is 0 Å². The molecule has 0 atom stereocenters. The van der Waals surface area contributed by atoms with Gasteiger partial charge in [-0.15, -0.1) is 11.3 Å². The minimum atomic E-state index is -3.32. The van der Waals surface area contributed by atoms with E-state index in [1.54, 1.807) is 24.3 Å². The molecule has 2 N–H and O–H groups in total. The van der Waals surface area contributed by atoms with E-state index in [9.17, 15) is 13.2 Å². The van der Waals surface area contributed by atoms with E-state index in [2.05, 4.69) is 15.0 Å². The molecule has 0 saturated carbocycles. The van der Waals surface area contributed by atoms with Gasteiger partial charge in [-0.1, -0.05) is 42.5 Å². The van der Waals surface area contributed by atoms with Gasteiger partial charge in [0.2, 0.25) is 10.0 Å². The van der Waals surface area contributed by atoms with Crippen LogP contribution in [0.5, 0.6) is 5.75 Å². The highest BCUT2D eigenvalue weighted by atomic mass is 32.2. The molecule has 0 bridgehead atoms. The Morgan fingerprint density at radius 1 is 1.03 bits per heavy atom. The van der Waals surface area contributed by atoms with Crippen LogP contribution in [0.15, 0.2) is 72.1 Å². The summed E-state index contributed by atoms with van der Waals surface area (Å²) >= 11 is 1.30. The summed E-state index contributed by atoms with van der Waals surface area (Å²) in [6.07, 6.45) is 1.10. The standard InChI is InChI=1S/C22H19N3O4S2/c1-31(27,28)25-18-9-6-16(7-10-18)20-14-30-22(23-20)24-21(26)13-29-19-11-8-15-4-2-3-5-17(15)12-19/h2-12,14,25H,13H2,1H3,(H,23,24,26). The Labute approximate surface area is 183 Å². The third-order valence-corrected chi connectivity index (χ3v) is 5.69. The van der Waals surface area contributed by atoms with Gasteiger partial charge in [-0.05, 0) is 35.0 Å². The number of benzene rings is 3. The zero-order valence-corrected chi connectivity index (χ0v) is 18.2. The molecule has 3 aromatic carbocycles. The van der Waals surface area contributed by atoms with Crippen molar-refractivity contribution in [3.8, 4) is 17.0 Å². The van der Waals surface area contributed by atoms with Crippen molar-refractivity contribution >= 4 is 48.9 Å². The maximum atomic E-state index is 12.2. The molecule has 158 valence electrons. The van der Waals surface area contributed by atoms with Crippen molar-refractivity contribution in [3.05, 3.63) is 72.1 Å². The van der Waals surface area contributed by atoms with Gasteiger partial charge in [0.1, 0.15) is 5.75 Å². The van der Waals surface area contributed by atoms with Gasteiger partial charge in [-0.25, -0.2) is 13.4 Å². The SMILES string of the molecule is CS(=O)(=O)Nc1ccc(-c2csc(NC(=O)COc3ccc4ccccc4c3)n2)cc1. The molecule has 0 aliphatic rings. The van der Waals surface area contributed by atoms with Crippen LogP contribution >= 0.6 is 11.3 Å². The first kappa shape index (κ1) is 20.8. The molecule has 4 rings (SSSR count). The minimum Gasteiger partial charge on any atom is -0.484 e. The van der Waals surface area contributed by atoms with E-state index in [1.165, 1.54) is 11.3 Å². The Morgan fingerprint density at radius 3 is 2.52 bits per heavy atom. The first-order chi connectivity index (χ1) is 14.9. The second kappa shape index (κ2) is 8.75. The second-order valence-corrected chi connectivity index (χ2v) is 9.44. The number of anilines is 2. The summed E-state index contributed by atoms with van der Waals surface area (Å²) in [7, 11) is -3.32. The van der Waals surface area contributed by atoms with Crippen LogP contribution < -0.4 is 14.8 Å². The van der Waals surface area contributed by atoms with Crippen molar-refractivity contribution in [2.75, 3.05) is 22.9 Å². The monoisotopic (exact) mass is 453 g/mol. The van der Waals surface area contributed by atoms with Gasteiger partial charge in [0.15, 0.2) is 11.7 Å². The summed E-state index contributed by atoms with van der Waals surface area (Å²) in [5.41, 5.74) is 1.96. The van der Waals surface area contributed by atoms with E-state index < -0.39 is 10.0 Å². The molecule has 0 fully saturated rings. The van der Waals surface area contributed by atoms with Crippen molar-refractivity contribution in [2.24, 2.45) is 0 Å². The summed E-state index contributed by atoms with van der Waals surface area (Å²) in [6, 6.07) is 20.4. The topological polar surface area (TPSA) is 97.4 Å². The number of nitrogens with one attached hydrogen (secondary N) is 2. The normalized spacial score (nSPS) is 11.3. The molecule has 0 saturated heterocycles. The number of hydrogen-bond donors (Lipinski definition) is 2. The van der Waals surface area contributed by atoms with Crippen molar-refractivity contribution < 1.29 is 17.9 Å². The van der Waals surface area contributed by atoms with E-state index in [0.29, 0.717) is 22.3 Å². The molecule has 0 unspecified atom stereocenters. The molecule has 4 aromatic rings. The number of amides is 1. The first-order valence-electron chi connectivity index (χ1n) is 9.31. The Bertz CT molecular complexity index is 1330. The van der Waals surface area contributed by atoms with Crippen LogP contribution in [0.25, 0.3) is 22.0 Å². The highest BCUT2D eigenvalue weighted by Gasteiger charge is 2.10. The molecule has 0 aliphatic heterocycles. The number of hydrogen-bond acceptors (Lipinski definition) is 6. The molecule has 1 heterocycles. The third-order valence-electron chi connectivity index (χ3n) is 4.33. The van der Waals surface area contributed by atoms with Crippen LogP contribution in [-0.2, 0) is 14.8 Å². The number of ether oxygens (including phenoxy) is 1. The molecule has 0 aliphatic carbocycles. The summed E-state index contributed by atoms with van der Waals surface area (Å²) in [5, 5.41) is 7.16. The Morgan fingerprint density at radius 2 is 1.77 bits per heavy atom. The van der Waals surface area contributed by atoms with Crippen LogP contribution in [0, 0.1) is 0 Å². The maximum Gasteiger partial charge on any atom is 0.264 e. The molecule has 0 spiro atoms. The number of sulfonamides is 1. The van der Waals surface area contributed by atoms with Gasteiger partial charge < -0.3 is 4.74 Å². The number of aromatic nitrogens is 1. The fourth-order valence-corrected chi connectivity index (χ4v) is 4.25. The summed E-state index contributed by atoms with van der Waals surface area (Å²) in [5.74, 6) is 0.318. The van der Waals surface area contributed by atoms with Crippen molar-refractivity contribution in [3.63, 3.8) is 0 Å². The number of nitrogens with zero attached hydrogens (tertiary/aromatic N) is 1. The van der Waals surface area contributed by atoms with Crippen molar-refractivity contribution in [2.45, 2.75) is 0 Å². The lowest BCUT2D eigenvalue weighted by atomic mass is 10.1. The predicted molar refractivity (Wildman–Crippen MR) is 124 cm³/mol. The minimum absolute atomic E-state index is 0.126. The van der Waals surface area contributed by atoms with Crippen LogP contribution in [0.4, 0.5) is 10.8 Å².